The fourth-order valence-electron chi connectivity index (χ4n) is 3.63. The second kappa shape index (κ2) is 8.57. The van der Waals surface area contributed by atoms with E-state index in [1.165, 1.54) is 15.6 Å². The van der Waals surface area contributed by atoms with Crippen LogP contribution < -0.4 is 5.73 Å². The summed E-state index contributed by atoms with van der Waals surface area (Å²) >= 11 is 0. The Bertz CT molecular complexity index is 1730. The van der Waals surface area contributed by atoms with E-state index >= 15 is 0 Å². The fourth-order valence-corrected chi connectivity index (χ4v) is 3.63. The van der Waals surface area contributed by atoms with Gasteiger partial charge in [-0.2, -0.15) is 14.6 Å². The molecule has 36 heavy (non-hydrogen) atoms. The van der Waals surface area contributed by atoms with Gasteiger partial charge in [-0.25, -0.2) is 29.9 Å². The molecular formula is C22H14N14. The number of tetrazole rings is 1. The van der Waals surface area contributed by atoms with Crippen LogP contribution in [-0.4, -0.2) is 59.7 Å². The minimum absolute atomic E-state index is 0.115. The summed E-state index contributed by atoms with van der Waals surface area (Å²) in [5.41, 5.74) is 9.56. The van der Waals surface area contributed by atoms with Crippen molar-refractivity contribution in [3.63, 3.8) is 0 Å². The quantitative estimate of drug-likeness (QED) is 0.376. The Labute approximate surface area is 202 Å². The van der Waals surface area contributed by atoms with Crippen molar-refractivity contribution in [3.8, 4) is 40.2 Å². The molecule has 5 aromatic heterocycles. The van der Waals surface area contributed by atoms with Gasteiger partial charge in [-0.1, -0.05) is 12.1 Å². The van der Waals surface area contributed by atoms with Gasteiger partial charge in [0, 0.05) is 24.2 Å². The molecule has 0 aliphatic rings. The molecule has 0 radical (unpaired) electrons. The third-order valence-electron chi connectivity index (χ3n) is 5.16. The Kier molecular flexibility index (Phi) is 4.97. The van der Waals surface area contributed by atoms with E-state index in [0.29, 0.717) is 45.4 Å². The van der Waals surface area contributed by atoms with Crippen LogP contribution in [0.3, 0.4) is 0 Å². The minimum Gasteiger partial charge on any atom is -0.368 e. The molecule has 0 fully saturated rings. The van der Waals surface area contributed by atoms with Crippen molar-refractivity contribution < 1.29 is 0 Å². The Morgan fingerprint density at radius 1 is 0.944 bits per heavy atom. The lowest BCUT2D eigenvalue weighted by molar-refractivity contribution is 0.554. The van der Waals surface area contributed by atoms with Crippen LogP contribution in [0.25, 0.3) is 39.8 Å². The van der Waals surface area contributed by atoms with Crippen molar-refractivity contribution >= 4 is 11.6 Å². The van der Waals surface area contributed by atoms with Crippen molar-refractivity contribution in [2.45, 2.75) is 6.54 Å². The molecule has 0 aliphatic heterocycles. The summed E-state index contributed by atoms with van der Waals surface area (Å²) in [6.45, 7) is 0.115. The first-order valence-corrected chi connectivity index (χ1v) is 10.6. The molecule has 0 saturated carbocycles. The average Bonchev–Trinajstić information content (AvgIpc) is 3.57. The molecule has 2 N–H and O–H groups in total. The minimum atomic E-state index is 0.115. The van der Waals surface area contributed by atoms with Crippen LogP contribution in [0.5, 0.6) is 0 Å². The van der Waals surface area contributed by atoms with Crippen molar-refractivity contribution in [2.24, 2.45) is 0 Å². The zero-order valence-corrected chi connectivity index (χ0v) is 18.4. The molecule has 172 valence electrons. The van der Waals surface area contributed by atoms with Gasteiger partial charge < -0.3 is 5.73 Å². The highest BCUT2D eigenvalue weighted by atomic mass is 15.6. The molecule has 0 unspecified atom stereocenters. The first kappa shape index (κ1) is 20.9. The van der Waals surface area contributed by atoms with E-state index in [1.54, 1.807) is 48.9 Å². The smallest absolute Gasteiger partial charge is 0.242 e. The van der Waals surface area contributed by atoms with Crippen molar-refractivity contribution in [3.05, 3.63) is 72.7 Å². The number of nitrogen functional groups attached to an aromatic ring is 1. The Morgan fingerprint density at radius 3 is 2.64 bits per heavy atom. The number of fused-ring (bicyclic) bond motifs is 1. The molecule has 6 aromatic rings. The number of nitrogens with zero attached hydrogens (tertiary/aromatic N) is 13. The molecule has 0 spiro atoms. The lowest BCUT2D eigenvalue weighted by Gasteiger charge is -2.11. The van der Waals surface area contributed by atoms with Gasteiger partial charge in [0.1, 0.15) is 12.9 Å². The number of hydrogen-bond donors (Lipinski definition) is 1. The van der Waals surface area contributed by atoms with E-state index < -0.39 is 0 Å². The molecule has 0 amide bonds. The van der Waals surface area contributed by atoms with E-state index in [-0.39, 0.29) is 18.3 Å². The standard InChI is InChI=1S/C22H14N14/c23-10-13-3-1-4-14(9-13)18-17(15-5-8-25-12-28-15)21-29-16(32-36(21)22(24)30-18)11-35-33-20(31-34-35)19-26-6-2-7-27-19/h1-9,12H,11H2,(H2,24,30). The average molecular weight is 474 g/mol. The van der Waals surface area contributed by atoms with E-state index in [1.807, 2.05) is 6.07 Å². The highest BCUT2D eigenvalue weighted by Crippen LogP contribution is 2.33. The third-order valence-corrected chi connectivity index (χ3v) is 5.16. The maximum Gasteiger partial charge on any atom is 0.242 e. The lowest BCUT2D eigenvalue weighted by atomic mass is 10.0. The van der Waals surface area contributed by atoms with Gasteiger partial charge in [0.25, 0.3) is 0 Å². The summed E-state index contributed by atoms with van der Waals surface area (Å²) in [6, 6.07) is 12.6. The summed E-state index contributed by atoms with van der Waals surface area (Å²) in [5.74, 6) is 1.13. The van der Waals surface area contributed by atoms with Crippen LogP contribution in [0.4, 0.5) is 5.95 Å². The number of aromatic nitrogens is 12. The summed E-state index contributed by atoms with van der Waals surface area (Å²) in [4.78, 5) is 27.3. The highest BCUT2D eigenvalue weighted by Gasteiger charge is 2.21. The third kappa shape index (κ3) is 3.72. The second-order valence-electron chi connectivity index (χ2n) is 7.46. The molecule has 0 atom stereocenters. The first-order chi connectivity index (χ1) is 17.7. The van der Waals surface area contributed by atoms with Gasteiger partial charge in [-0.15, -0.1) is 15.3 Å². The van der Waals surface area contributed by atoms with Gasteiger partial charge >= 0.3 is 0 Å². The molecule has 0 aliphatic carbocycles. The van der Waals surface area contributed by atoms with Gasteiger partial charge in [-0.05, 0) is 29.5 Å². The number of nitrogens with two attached hydrogens (primary N) is 1. The van der Waals surface area contributed by atoms with Crippen LogP contribution in [0.2, 0.25) is 0 Å². The van der Waals surface area contributed by atoms with Crippen LogP contribution in [-0.2, 0) is 6.54 Å². The van der Waals surface area contributed by atoms with E-state index in [9.17, 15) is 5.26 Å². The SMILES string of the molecule is N#Cc1cccc(-c2nc(N)n3nc(Cn4nnc(-c5ncccn5)n4)nc3c2-c2ccncn2)c1. The molecule has 0 bridgehead atoms. The molecule has 6 rings (SSSR count). The lowest BCUT2D eigenvalue weighted by Crippen LogP contribution is -2.07. The van der Waals surface area contributed by atoms with Crippen LogP contribution in [0, 0.1) is 11.3 Å². The molecule has 1 aromatic carbocycles. The van der Waals surface area contributed by atoms with Gasteiger partial charge in [-0.3, -0.25) is 0 Å². The summed E-state index contributed by atoms with van der Waals surface area (Å²) in [7, 11) is 0. The van der Waals surface area contributed by atoms with Crippen LogP contribution >= 0.6 is 0 Å². The maximum absolute atomic E-state index is 9.37. The molecule has 0 saturated heterocycles. The van der Waals surface area contributed by atoms with E-state index in [4.69, 9.17) is 10.7 Å². The van der Waals surface area contributed by atoms with Crippen molar-refractivity contribution in [2.75, 3.05) is 5.73 Å². The van der Waals surface area contributed by atoms with Gasteiger partial charge in [0.05, 0.1) is 28.6 Å². The highest BCUT2D eigenvalue weighted by molar-refractivity contribution is 5.89. The number of rotatable bonds is 5. The Balaban J connectivity index is 1.48. The van der Waals surface area contributed by atoms with Crippen molar-refractivity contribution in [1.82, 2.24) is 59.7 Å². The fraction of sp³-hybridized carbons (Fsp3) is 0.0455. The number of nitriles is 1. The molecular weight excluding hydrogens is 460 g/mol. The summed E-state index contributed by atoms with van der Waals surface area (Å²) < 4.78 is 1.43. The predicted molar refractivity (Wildman–Crippen MR) is 124 cm³/mol. The summed E-state index contributed by atoms with van der Waals surface area (Å²) in [6.07, 6.45) is 6.25. The Morgan fingerprint density at radius 2 is 1.83 bits per heavy atom. The van der Waals surface area contributed by atoms with Crippen LogP contribution in [0.15, 0.2) is 61.3 Å². The molecule has 14 heteroatoms. The molecule has 14 nitrogen and oxygen atoms in total. The van der Waals surface area contributed by atoms with Crippen molar-refractivity contribution in [1.29, 1.82) is 5.26 Å². The number of benzene rings is 1. The second-order valence-corrected chi connectivity index (χ2v) is 7.46. The number of hydrogen-bond acceptors (Lipinski definition) is 12. The largest absolute Gasteiger partial charge is 0.368 e. The van der Waals surface area contributed by atoms with E-state index in [2.05, 4.69) is 51.5 Å². The first-order valence-electron chi connectivity index (χ1n) is 10.6. The zero-order chi connectivity index (χ0) is 24.5. The topological polar surface area (TPSA) is 188 Å². The Hall–Kier alpha value is -5.71. The summed E-state index contributed by atoms with van der Waals surface area (Å²) in [5, 5.41) is 26.2. The maximum atomic E-state index is 9.37. The van der Waals surface area contributed by atoms with Gasteiger partial charge in [0.2, 0.25) is 17.6 Å². The normalized spacial score (nSPS) is 11.0. The van der Waals surface area contributed by atoms with E-state index in [0.717, 1.165) is 0 Å². The zero-order valence-electron chi connectivity index (χ0n) is 18.4. The molecule has 5 heterocycles. The monoisotopic (exact) mass is 474 g/mol. The number of anilines is 1. The van der Waals surface area contributed by atoms with Crippen LogP contribution in [0.1, 0.15) is 11.4 Å². The van der Waals surface area contributed by atoms with Gasteiger partial charge in [0.15, 0.2) is 11.5 Å². The predicted octanol–water partition coefficient (Wildman–Crippen LogP) is 1.19.